The predicted molar refractivity (Wildman–Crippen MR) is 127 cm³/mol. The fraction of sp³-hybridized carbons (Fsp3) is 0.708. The van der Waals surface area contributed by atoms with Gasteiger partial charge in [0, 0.05) is 36.1 Å². The van der Waals surface area contributed by atoms with Crippen LogP contribution in [0.1, 0.15) is 64.2 Å². The fourth-order valence-corrected chi connectivity index (χ4v) is 7.29. The van der Waals surface area contributed by atoms with E-state index in [2.05, 4.69) is 10.2 Å². The number of amides is 1. The smallest absolute Gasteiger partial charge is 0.243 e. The van der Waals surface area contributed by atoms with Gasteiger partial charge in [-0.2, -0.15) is 4.31 Å². The Morgan fingerprint density at radius 3 is 2.16 bits per heavy atom. The number of benzene rings is 1. The summed E-state index contributed by atoms with van der Waals surface area (Å²) in [5.41, 5.74) is 0.118. The molecule has 178 valence electrons. The molecule has 8 heteroatoms. The summed E-state index contributed by atoms with van der Waals surface area (Å²) in [6.45, 7) is 3.78. The molecule has 0 bridgehead atoms. The molecule has 1 aliphatic carbocycles. The van der Waals surface area contributed by atoms with E-state index in [1.54, 1.807) is 24.3 Å². The molecule has 0 spiro atoms. The van der Waals surface area contributed by atoms with Crippen LogP contribution in [0.5, 0.6) is 0 Å². The second-order valence-corrected chi connectivity index (χ2v) is 12.1. The quantitative estimate of drug-likeness (QED) is 0.665. The average Bonchev–Trinajstić information content (AvgIpc) is 2.84. The SMILES string of the molecule is O=C(NCC1(N2CCCCC2)CCCCC1)C1CCN(S(=O)(=O)c2ccc(Cl)cc2)CC1. The standard InChI is InChI=1S/C24H36ClN3O3S/c25-21-7-9-22(10-8-21)32(30,31)28-17-11-20(12-18-28)23(29)26-19-24(13-3-1-4-14-24)27-15-5-2-6-16-27/h7-10,20H,1-6,11-19H2,(H,26,29). The number of carbonyl (C=O) groups is 1. The van der Waals surface area contributed by atoms with E-state index in [0.29, 0.717) is 31.0 Å². The molecule has 1 aromatic rings. The summed E-state index contributed by atoms with van der Waals surface area (Å²) in [5, 5.41) is 3.80. The van der Waals surface area contributed by atoms with E-state index in [0.717, 1.165) is 19.6 Å². The molecule has 4 rings (SSSR count). The molecular weight excluding hydrogens is 446 g/mol. The second-order valence-electron chi connectivity index (χ2n) is 9.68. The van der Waals surface area contributed by atoms with Crippen molar-refractivity contribution in [3.8, 4) is 0 Å². The van der Waals surface area contributed by atoms with Gasteiger partial charge in [0.15, 0.2) is 0 Å². The van der Waals surface area contributed by atoms with Crippen LogP contribution in [0.4, 0.5) is 0 Å². The Hall–Kier alpha value is -1.15. The Morgan fingerprint density at radius 2 is 1.53 bits per heavy atom. The number of nitrogens with one attached hydrogen (secondary N) is 1. The number of hydrogen-bond acceptors (Lipinski definition) is 4. The first kappa shape index (κ1) is 24.0. The van der Waals surface area contributed by atoms with E-state index in [-0.39, 0.29) is 22.3 Å². The maximum atomic E-state index is 13.0. The molecule has 2 heterocycles. The topological polar surface area (TPSA) is 69.7 Å². The zero-order valence-corrected chi connectivity index (χ0v) is 20.5. The first-order valence-electron chi connectivity index (χ1n) is 12.2. The van der Waals surface area contributed by atoms with Crippen LogP contribution in [0.2, 0.25) is 5.02 Å². The van der Waals surface area contributed by atoms with Crippen LogP contribution < -0.4 is 5.32 Å². The van der Waals surface area contributed by atoms with Crippen LogP contribution in [0.25, 0.3) is 0 Å². The third-order valence-electron chi connectivity index (χ3n) is 7.68. The second kappa shape index (κ2) is 10.4. The molecule has 1 amide bonds. The van der Waals surface area contributed by atoms with Crippen molar-refractivity contribution in [2.24, 2.45) is 5.92 Å². The Balaban J connectivity index is 1.32. The molecule has 0 aromatic heterocycles. The van der Waals surface area contributed by atoms with Crippen molar-refractivity contribution in [1.29, 1.82) is 0 Å². The number of carbonyl (C=O) groups excluding carboxylic acids is 1. The first-order valence-corrected chi connectivity index (χ1v) is 14.0. The number of piperidine rings is 2. The van der Waals surface area contributed by atoms with E-state index in [4.69, 9.17) is 11.6 Å². The van der Waals surface area contributed by atoms with E-state index >= 15 is 0 Å². The van der Waals surface area contributed by atoms with Crippen molar-refractivity contribution in [2.45, 2.75) is 74.6 Å². The molecule has 32 heavy (non-hydrogen) atoms. The number of nitrogens with zero attached hydrogens (tertiary/aromatic N) is 2. The minimum atomic E-state index is -3.55. The van der Waals surface area contributed by atoms with E-state index in [9.17, 15) is 13.2 Å². The van der Waals surface area contributed by atoms with Crippen molar-refractivity contribution in [2.75, 3.05) is 32.7 Å². The van der Waals surface area contributed by atoms with Crippen LogP contribution in [0.3, 0.4) is 0 Å². The van der Waals surface area contributed by atoms with Crippen LogP contribution in [0.15, 0.2) is 29.2 Å². The highest BCUT2D eigenvalue weighted by Gasteiger charge is 2.39. The summed E-state index contributed by atoms with van der Waals surface area (Å²) in [7, 11) is -3.55. The lowest BCUT2D eigenvalue weighted by Gasteiger charge is -2.48. The Labute approximate surface area is 197 Å². The van der Waals surface area contributed by atoms with E-state index in [1.165, 1.54) is 55.7 Å². The summed E-state index contributed by atoms with van der Waals surface area (Å²) in [6, 6.07) is 6.28. The van der Waals surface area contributed by atoms with Gasteiger partial charge in [0.05, 0.1) is 4.90 Å². The van der Waals surface area contributed by atoms with Gasteiger partial charge in [0.1, 0.15) is 0 Å². The zero-order chi connectivity index (χ0) is 22.6. The lowest BCUT2D eigenvalue weighted by atomic mass is 9.79. The van der Waals surface area contributed by atoms with Crippen LogP contribution in [0, 0.1) is 5.92 Å². The maximum absolute atomic E-state index is 13.0. The Bertz CT molecular complexity index is 870. The van der Waals surface area contributed by atoms with Crippen LogP contribution in [-0.4, -0.2) is 61.8 Å². The van der Waals surface area contributed by atoms with Gasteiger partial charge in [-0.15, -0.1) is 0 Å². The minimum absolute atomic E-state index is 0.0931. The molecule has 3 fully saturated rings. The van der Waals surface area contributed by atoms with Gasteiger partial charge in [0.2, 0.25) is 15.9 Å². The fourth-order valence-electron chi connectivity index (χ4n) is 5.69. The van der Waals surface area contributed by atoms with Gasteiger partial charge in [-0.25, -0.2) is 8.42 Å². The molecule has 1 saturated carbocycles. The lowest BCUT2D eigenvalue weighted by molar-refractivity contribution is -0.127. The van der Waals surface area contributed by atoms with Gasteiger partial charge in [0.25, 0.3) is 0 Å². The summed E-state index contributed by atoms with van der Waals surface area (Å²) in [5.74, 6) is -0.0239. The molecule has 0 unspecified atom stereocenters. The number of hydrogen-bond donors (Lipinski definition) is 1. The molecule has 2 aliphatic heterocycles. The van der Waals surface area contributed by atoms with Crippen molar-refractivity contribution in [3.63, 3.8) is 0 Å². The summed E-state index contributed by atoms with van der Waals surface area (Å²) < 4.78 is 27.3. The zero-order valence-electron chi connectivity index (χ0n) is 18.9. The molecule has 1 aromatic carbocycles. The van der Waals surface area contributed by atoms with Gasteiger partial charge < -0.3 is 5.32 Å². The number of rotatable bonds is 6. The highest BCUT2D eigenvalue weighted by Crippen LogP contribution is 2.35. The molecule has 3 aliphatic rings. The number of likely N-dealkylation sites (tertiary alicyclic amines) is 1. The lowest BCUT2D eigenvalue weighted by Crippen LogP contribution is -2.58. The third-order valence-corrected chi connectivity index (χ3v) is 9.84. The van der Waals surface area contributed by atoms with Gasteiger partial charge in [-0.05, 0) is 75.9 Å². The molecular formula is C24H36ClN3O3S. The average molecular weight is 482 g/mol. The number of sulfonamides is 1. The molecule has 0 atom stereocenters. The van der Waals surface area contributed by atoms with Crippen molar-refractivity contribution >= 4 is 27.5 Å². The van der Waals surface area contributed by atoms with E-state index < -0.39 is 10.0 Å². The Morgan fingerprint density at radius 1 is 0.938 bits per heavy atom. The third kappa shape index (κ3) is 5.32. The summed E-state index contributed by atoms with van der Waals surface area (Å²) in [4.78, 5) is 15.9. The van der Waals surface area contributed by atoms with Crippen molar-refractivity contribution < 1.29 is 13.2 Å². The van der Waals surface area contributed by atoms with Crippen LogP contribution >= 0.6 is 11.6 Å². The molecule has 1 N–H and O–H groups in total. The Kier molecular flexibility index (Phi) is 7.81. The molecule has 2 saturated heterocycles. The van der Waals surface area contributed by atoms with Gasteiger partial charge >= 0.3 is 0 Å². The minimum Gasteiger partial charge on any atom is -0.354 e. The van der Waals surface area contributed by atoms with Crippen LogP contribution in [-0.2, 0) is 14.8 Å². The molecule has 0 radical (unpaired) electrons. The van der Waals surface area contributed by atoms with E-state index in [1.807, 2.05) is 0 Å². The normalized spacial score (nSPS) is 23.7. The number of halogens is 1. The van der Waals surface area contributed by atoms with Crippen molar-refractivity contribution in [3.05, 3.63) is 29.3 Å². The van der Waals surface area contributed by atoms with Gasteiger partial charge in [-0.1, -0.05) is 37.3 Å². The summed E-state index contributed by atoms with van der Waals surface area (Å²) >= 11 is 5.89. The molecule has 6 nitrogen and oxygen atoms in total. The largest absolute Gasteiger partial charge is 0.354 e. The predicted octanol–water partition coefficient (Wildman–Crippen LogP) is 4.05. The van der Waals surface area contributed by atoms with Gasteiger partial charge in [-0.3, -0.25) is 9.69 Å². The monoisotopic (exact) mass is 481 g/mol. The first-order chi connectivity index (χ1) is 15.4. The highest BCUT2D eigenvalue weighted by atomic mass is 35.5. The summed E-state index contributed by atoms with van der Waals surface area (Å²) in [6.07, 6.45) is 11.1. The maximum Gasteiger partial charge on any atom is 0.243 e. The highest BCUT2D eigenvalue weighted by molar-refractivity contribution is 7.89. The van der Waals surface area contributed by atoms with Crippen molar-refractivity contribution in [1.82, 2.24) is 14.5 Å².